The summed E-state index contributed by atoms with van der Waals surface area (Å²) in [5.74, 6) is 0. The van der Waals surface area contributed by atoms with Crippen LogP contribution in [-0.2, 0) is 0 Å². The molecular weight excluding hydrogens is 639 g/mol. The van der Waals surface area contributed by atoms with E-state index in [1.807, 2.05) is 23.5 Å². The predicted octanol–water partition coefficient (Wildman–Crippen LogP) is 14.4. The summed E-state index contributed by atoms with van der Waals surface area (Å²) in [6, 6.07) is 67.5. The van der Waals surface area contributed by atoms with Gasteiger partial charge in [-0.2, -0.15) is 0 Å². The molecule has 10 aromatic rings. The summed E-state index contributed by atoms with van der Waals surface area (Å²) in [7, 11) is 0. The maximum atomic E-state index is 6.44. The molecule has 10 rings (SSSR count). The molecule has 0 bridgehead atoms. The zero-order valence-corrected chi connectivity index (χ0v) is 28.5. The van der Waals surface area contributed by atoms with E-state index >= 15 is 0 Å². The fourth-order valence-electron chi connectivity index (χ4n) is 7.47. The molecule has 8 aromatic carbocycles. The number of furan rings is 1. The Morgan fingerprint density at radius 2 is 1.00 bits per heavy atom. The Hall–Kier alpha value is -6.42. The molecule has 0 saturated carbocycles. The van der Waals surface area contributed by atoms with Gasteiger partial charge in [-0.3, -0.25) is 0 Å². The Morgan fingerprint density at radius 1 is 0.392 bits per heavy atom. The number of thiophene rings is 1. The second-order valence-corrected chi connectivity index (χ2v) is 14.0. The van der Waals surface area contributed by atoms with E-state index in [0.29, 0.717) is 0 Å². The molecule has 0 aliphatic rings. The number of hydrogen-bond donors (Lipinski definition) is 0. The number of hydrogen-bond acceptors (Lipinski definition) is 3. The Balaban J connectivity index is 1.20. The summed E-state index contributed by atoms with van der Waals surface area (Å²) < 4.78 is 9.00. The molecule has 0 fully saturated rings. The van der Waals surface area contributed by atoms with Gasteiger partial charge in [-0.25, -0.2) is 0 Å². The highest BCUT2D eigenvalue weighted by Crippen LogP contribution is 2.47. The van der Waals surface area contributed by atoms with Crippen molar-refractivity contribution in [3.05, 3.63) is 188 Å². The zero-order valence-electron chi connectivity index (χ0n) is 27.7. The van der Waals surface area contributed by atoms with Gasteiger partial charge in [0.25, 0.3) is 0 Å². The van der Waals surface area contributed by atoms with Gasteiger partial charge in [-0.05, 0) is 82.4 Å². The van der Waals surface area contributed by atoms with Gasteiger partial charge in [0.15, 0.2) is 0 Å². The van der Waals surface area contributed by atoms with Crippen LogP contribution in [0.4, 0.5) is 17.1 Å². The van der Waals surface area contributed by atoms with E-state index in [4.69, 9.17) is 4.42 Å². The smallest absolute Gasteiger partial charge is 0.143 e. The first-order valence-corrected chi connectivity index (χ1v) is 18.1. The van der Waals surface area contributed by atoms with E-state index in [-0.39, 0.29) is 0 Å². The highest BCUT2D eigenvalue weighted by Gasteiger charge is 2.21. The molecule has 3 heteroatoms. The first-order valence-electron chi connectivity index (χ1n) is 17.3. The highest BCUT2D eigenvalue weighted by molar-refractivity contribution is 7.26. The van der Waals surface area contributed by atoms with Crippen molar-refractivity contribution in [3.63, 3.8) is 0 Å². The van der Waals surface area contributed by atoms with Gasteiger partial charge in [0.2, 0.25) is 0 Å². The summed E-state index contributed by atoms with van der Waals surface area (Å²) in [5, 5.41) is 4.81. The Labute approximate surface area is 300 Å². The zero-order chi connectivity index (χ0) is 33.7. The lowest BCUT2D eigenvalue weighted by atomic mass is 9.97. The standard InChI is InChI=1S/C48H31NOS/c1-3-13-32(14-4-1)35-29-36(33-15-5-2-6-16-33)31-38(30-35)49(43-21-12-24-46-47(43)42-18-8-10-23-45(42)51-46)37-27-25-34(26-28-37)39-19-11-20-41-40-17-7-9-22-44(40)50-48(39)41/h1-31H. The van der Waals surface area contributed by atoms with Crippen LogP contribution in [0.25, 0.3) is 75.5 Å². The molecule has 0 aliphatic heterocycles. The van der Waals surface area contributed by atoms with Crippen molar-refractivity contribution < 1.29 is 4.42 Å². The van der Waals surface area contributed by atoms with Crippen molar-refractivity contribution in [2.45, 2.75) is 0 Å². The first kappa shape index (κ1) is 29.5. The molecule has 0 amide bonds. The molecule has 0 radical (unpaired) electrons. The van der Waals surface area contributed by atoms with E-state index in [9.17, 15) is 0 Å². The van der Waals surface area contributed by atoms with Crippen molar-refractivity contribution in [1.82, 2.24) is 0 Å². The number of fused-ring (bicyclic) bond motifs is 6. The molecule has 0 N–H and O–H groups in total. The minimum absolute atomic E-state index is 0.909. The predicted molar refractivity (Wildman–Crippen MR) is 218 cm³/mol. The van der Waals surface area contributed by atoms with Gasteiger partial charge in [0.05, 0.1) is 5.69 Å². The summed E-state index contributed by atoms with van der Waals surface area (Å²) >= 11 is 1.85. The van der Waals surface area contributed by atoms with Crippen LogP contribution in [0.5, 0.6) is 0 Å². The number of benzene rings is 8. The van der Waals surface area contributed by atoms with E-state index in [0.717, 1.165) is 50.1 Å². The molecular formula is C48H31NOS. The largest absolute Gasteiger partial charge is 0.455 e. The molecule has 2 nitrogen and oxygen atoms in total. The molecule has 2 heterocycles. The normalized spacial score (nSPS) is 11.5. The number of rotatable bonds is 6. The van der Waals surface area contributed by atoms with Crippen LogP contribution in [0.1, 0.15) is 0 Å². The van der Waals surface area contributed by atoms with Gasteiger partial charge in [0, 0.05) is 47.9 Å². The third-order valence-corrected chi connectivity index (χ3v) is 11.0. The van der Waals surface area contributed by atoms with Gasteiger partial charge in [0.1, 0.15) is 11.2 Å². The minimum Gasteiger partial charge on any atom is -0.455 e. The second-order valence-electron chi connectivity index (χ2n) is 12.9. The lowest BCUT2D eigenvalue weighted by molar-refractivity contribution is 0.670. The summed E-state index contributed by atoms with van der Waals surface area (Å²) in [6.07, 6.45) is 0. The van der Waals surface area contributed by atoms with Gasteiger partial charge in [-0.15, -0.1) is 11.3 Å². The minimum atomic E-state index is 0.909. The number of anilines is 3. The molecule has 0 saturated heterocycles. The van der Waals surface area contributed by atoms with Crippen LogP contribution >= 0.6 is 11.3 Å². The average Bonchev–Trinajstić information content (AvgIpc) is 3.78. The number of para-hydroxylation sites is 2. The third kappa shape index (κ3) is 5.10. The van der Waals surface area contributed by atoms with Gasteiger partial charge in [-0.1, -0.05) is 133 Å². The van der Waals surface area contributed by atoms with E-state index in [1.54, 1.807) is 0 Å². The van der Waals surface area contributed by atoms with E-state index < -0.39 is 0 Å². The van der Waals surface area contributed by atoms with Crippen molar-refractivity contribution in [1.29, 1.82) is 0 Å². The van der Waals surface area contributed by atoms with Crippen molar-refractivity contribution in [2.24, 2.45) is 0 Å². The molecule has 0 unspecified atom stereocenters. The molecule has 0 spiro atoms. The van der Waals surface area contributed by atoms with Crippen molar-refractivity contribution >= 4 is 70.5 Å². The quantitative estimate of drug-likeness (QED) is 0.175. The maximum Gasteiger partial charge on any atom is 0.143 e. The summed E-state index contributed by atoms with van der Waals surface area (Å²) in [4.78, 5) is 2.44. The van der Waals surface area contributed by atoms with E-state index in [1.165, 1.54) is 42.4 Å². The molecule has 0 atom stereocenters. The van der Waals surface area contributed by atoms with E-state index in [2.05, 4.69) is 181 Å². The lowest BCUT2D eigenvalue weighted by Crippen LogP contribution is -2.10. The molecule has 51 heavy (non-hydrogen) atoms. The monoisotopic (exact) mass is 669 g/mol. The summed E-state index contributed by atoms with van der Waals surface area (Å²) in [5.41, 5.74) is 12.1. The average molecular weight is 670 g/mol. The fraction of sp³-hybridized carbons (Fsp3) is 0. The Kier molecular flexibility index (Phi) is 7.04. The molecule has 240 valence electrons. The van der Waals surface area contributed by atoms with Crippen LogP contribution in [0.3, 0.4) is 0 Å². The number of nitrogens with zero attached hydrogens (tertiary/aromatic N) is 1. The Bertz CT molecular complexity index is 2790. The Morgan fingerprint density at radius 3 is 1.75 bits per heavy atom. The van der Waals surface area contributed by atoms with Crippen LogP contribution in [0.2, 0.25) is 0 Å². The van der Waals surface area contributed by atoms with Crippen LogP contribution in [-0.4, -0.2) is 0 Å². The third-order valence-electron chi connectivity index (χ3n) is 9.85. The SMILES string of the molecule is c1ccc(-c2cc(-c3ccccc3)cc(N(c3ccc(-c4cccc5c4oc4ccccc45)cc3)c3cccc4sc5ccccc5c34)c2)cc1. The molecule has 2 aromatic heterocycles. The van der Waals surface area contributed by atoms with Crippen LogP contribution in [0.15, 0.2) is 192 Å². The first-order chi connectivity index (χ1) is 25.3. The van der Waals surface area contributed by atoms with Crippen LogP contribution in [0, 0.1) is 0 Å². The fourth-order valence-corrected chi connectivity index (χ4v) is 8.60. The van der Waals surface area contributed by atoms with Gasteiger partial charge >= 0.3 is 0 Å². The highest BCUT2D eigenvalue weighted by atomic mass is 32.1. The van der Waals surface area contributed by atoms with Crippen molar-refractivity contribution in [3.8, 4) is 33.4 Å². The summed E-state index contributed by atoms with van der Waals surface area (Å²) in [6.45, 7) is 0. The van der Waals surface area contributed by atoms with Gasteiger partial charge < -0.3 is 9.32 Å². The molecule has 0 aliphatic carbocycles. The second kappa shape index (κ2) is 12.2. The topological polar surface area (TPSA) is 16.4 Å². The lowest BCUT2D eigenvalue weighted by Gasteiger charge is -2.28. The maximum absolute atomic E-state index is 6.44. The van der Waals surface area contributed by atoms with Crippen LogP contribution < -0.4 is 4.90 Å². The van der Waals surface area contributed by atoms with Crippen molar-refractivity contribution in [2.75, 3.05) is 4.90 Å².